The first-order chi connectivity index (χ1) is 8.00. The number of carbonyl (C=O) groups excluding carboxylic acids is 2. The van der Waals surface area contributed by atoms with E-state index >= 15 is 0 Å². The van der Waals surface area contributed by atoms with Crippen LogP contribution in [-0.4, -0.2) is 33.8 Å². The van der Waals surface area contributed by atoms with Gasteiger partial charge in [-0.1, -0.05) is 0 Å². The Kier molecular flexibility index (Phi) is 3.00. The van der Waals surface area contributed by atoms with Gasteiger partial charge in [-0.25, -0.2) is 0 Å². The zero-order valence-corrected chi connectivity index (χ0v) is 9.68. The predicted octanol–water partition coefficient (Wildman–Crippen LogP) is 0.945. The highest BCUT2D eigenvalue weighted by atomic mass is 16.4. The van der Waals surface area contributed by atoms with Crippen molar-refractivity contribution in [1.82, 2.24) is 4.90 Å². The van der Waals surface area contributed by atoms with E-state index in [4.69, 9.17) is 5.11 Å². The molecule has 0 bridgehead atoms. The number of hydrogen-bond donors (Lipinski definition) is 1. The highest BCUT2D eigenvalue weighted by Gasteiger charge is 2.37. The van der Waals surface area contributed by atoms with Gasteiger partial charge in [0.2, 0.25) is 0 Å². The van der Waals surface area contributed by atoms with Crippen LogP contribution >= 0.6 is 0 Å². The van der Waals surface area contributed by atoms with Crippen molar-refractivity contribution in [2.75, 3.05) is 0 Å². The van der Waals surface area contributed by atoms with E-state index in [2.05, 4.69) is 0 Å². The van der Waals surface area contributed by atoms with Crippen LogP contribution in [0.25, 0.3) is 0 Å². The van der Waals surface area contributed by atoms with Gasteiger partial charge in [0.1, 0.15) is 0 Å². The standard InChI is InChI=1S/C12H15NO4/c1-7-6-10(14)13(11(7)15)9-4-2-8(3-5-9)12(16)17/h6,8-9H,2-5H2,1H3,(H,16,17). The number of carboxylic acids is 1. The number of rotatable bonds is 2. The van der Waals surface area contributed by atoms with E-state index in [1.165, 1.54) is 11.0 Å². The maximum Gasteiger partial charge on any atom is 0.306 e. The monoisotopic (exact) mass is 237 g/mol. The molecule has 1 aliphatic heterocycles. The second kappa shape index (κ2) is 4.31. The van der Waals surface area contributed by atoms with Gasteiger partial charge in [0.05, 0.1) is 5.92 Å². The van der Waals surface area contributed by atoms with Crippen LogP contribution in [0.1, 0.15) is 32.6 Å². The third-order valence-corrected chi connectivity index (χ3v) is 3.54. The molecule has 2 aliphatic rings. The summed E-state index contributed by atoms with van der Waals surface area (Å²) in [5.41, 5.74) is 0.468. The quantitative estimate of drug-likeness (QED) is 0.725. The van der Waals surface area contributed by atoms with E-state index in [0.29, 0.717) is 31.3 Å². The van der Waals surface area contributed by atoms with Crippen LogP contribution in [0.5, 0.6) is 0 Å². The fourth-order valence-corrected chi connectivity index (χ4v) is 2.53. The van der Waals surface area contributed by atoms with Gasteiger partial charge in [0.15, 0.2) is 0 Å². The molecule has 1 saturated carbocycles. The second-order valence-electron chi connectivity index (χ2n) is 4.68. The van der Waals surface area contributed by atoms with Crippen molar-refractivity contribution in [3.63, 3.8) is 0 Å². The molecule has 0 spiro atoms. The number of carbonyl (C=O) groups is 3. The third-order valence-electron chi connectivity index (χ3n) is 3.54. The summed E-state index contributed by atoms with van der Waals surface area (Å²) >= 11 is 0. The van der Waals surface area contributed by atoms with Crippen molar-refractivity contribution < 1.29 is 19.5 Å². The van der Waals surface area contributed by atoms with Crippen LogP contribution in [-0.2, 0) is 14.4 Å². The molecule has 0 aromatic carbocycles. The molecule has 0 radical (unpaired) electrons. The van der Waals surface area contributed by atoms with Gasteiger partial charge in [-0.15, -0.1) is 0 Å². The number of aliphatic carboxylic acids is 1. The predicted molar refractivity (Wildman–Crippen MR) is 59.0 cm³/mol. The minimum atomic E-state index is -0.781. The number of carboxylic acid groups (broad SMARTS) is 1. The van der Waals surface area contributed by atoms with Gasteiger partial charge < -0.3 is 5.11 Å². The summed E-state index contributed by atoms with van der Waals surface area (Å²) in [5.74, 6) is -1.59. The molecule has 1 aliphatic carbocycles. The Hall–Kier alpha value is -1.65. The normalized spacial score (nSPS) is 29.5. The summed E-state index contributed by atoms with van der Waals surface area (Å²) in [6, 6.07) is -0.126. The largest absolute Gasteiger partial charge is 0.481 e. The van der Waals surface area contributed by atoms with Crippen molar-refractivity contribution in [2.45, 2.75) is 38.6 Å². The summed E-state index contributed by atoms with van der Waals surface area (Å²) in [6.07, 6.45) is 3.61. The summed E-state index contributed by atoms with van der Waals surface area (Å²) in [7, 11) is 0. The second-order valence-corrected chi connectivity index (χ2v) is 4.68. The van der Waals surface area contributed by atoms with Crippen LogP contribution in [0.3, 0.4) is 0 Å². The van der Waals surface area contributed by atoms with Crippen LogP contribution < -0.4 is 0 Å². The van der Waals surface area contributed by atoms with Gasteiger partial charge >= 0.3 is 5.97 Å². The lowest BCUT2D eigenvalue weighted by molar-refractivity contribution is -0.144. The minimum absolute atomic E-state index is 0.126. The molecule has 1 heterocycles. The molecule has 0 atom stereocenters. The van der Waals surface area contributed by atoms with Gasteiger partial charge in [0.25, 0.3) is 11.8 Å². The van der Waals surface area contributed by atoms with Gasteiger partial charge in [-0.05, 0) is 32.6 Å². The Morgan fingerprint density at radius 3 is 2.29 bits per heavy atom. The first kappa shape index (κ1) is 11.8. The molecule has 5 nitrogen and oxygen atoms in total. The maximum atomic E-state index is 11.8. The summed E-state index contributed by atoms with van der Waals surface area (Å²) in [5, 5.41) is 8.88. The fraction of sp³-hybridized carbons (Fsp3) is 0.583. The highest BCUT2D eigenvalue weighted by molar-refractivity contribution is 6.16. The summed E-state index contributed by atoms with van der Waals surface area (Å²) < 4.78 is 0. The van der Waals surface area contributed by atoms with E-state index in [-0.39, 0.29) is 23.8 Å². The lowest BCUT2D eigenvalue weighted by atomic mass is 9.85. The topological polar surface area (TPSA) is 74.7 Å². The van der Waals surface area contributed by atoms with Gasteiger partial charge in [-0.2, -0.15) is 0 Å². The summed E-state index contributed by atoms with van der Waals surface area (Å²) in [6.45, 7) is 1.63. The molecule has 2 rings (SSSR count). The highest BCUT2D eigenvalue weighted by Crippen LogP contribution is 2.30. The molecule has 5 heteroatoms. The van der Waals surface area contributed by atoms with Crippen LogP contribution in [0, 0.1) is 5.92 Å². The fourth-order valence-electron chi connectivity index (χ4n) is 2.53. The Bertz CT molecular complexity index is 405. The number of hydrogen-bond acceptors (Lipinski definition) is 3. The van der Waals surface area contributed by atoms with E-state index in [1.54, 1.807) is 6.92 Å². The Morgan fingerprint density at radius 2 is 1.88 bits per heavy atom. The molecule has 1 fully saturated rings. The molecule has 1 N–H and O–H groups in total. The average Bonchev–Trinajstić information content (AvgIpc) is 2.53. The smallest absolute Gasteiger partial charge is 0.306 e. The number of nitrogens with zero attached hydrogens (tertiary/aromatic N) is 1. The van der Waals surface area contributed by atoms with Crippen LogP contribution in [0.15, 0.2) is 11.6 Å². The lowest BCUT2D eigenvalue weighted by Gasteiger charge is -2.32. The Morgan fingerprint density at radius 1 is 1.29 bits per heavy atom. The molecule has 0 unspecified atom stereocenters. The zero-order chi connectivity index (χ0) is 12.6. The van der Waals surface area contributed by atoms with Crippen molar-refractivity contribution >= 4 is 17.8 Å². The van der Waals surface area contributed by atoms with Crippen molar-refractivity contribution in [2.24, 2.45) is 5.92 Å². The SMILES string of the molecule is CC1=CC(=O)N(C2CCC(C(=O)O)CC2)C1=O. The number of amides is 2. The Balaban J connectivity index is 2.01. The number of imide groups is 1. The lowest BCUT2D eigenvalue weighted by Crippen LogP contribution is -2.43. The van der Waals surface area contributed by atoms with Crippen molar-refractivity contribution in [3.8, 4) is 0 Å². The molecule has 0 aromatic rings. The maximum absolute atomic E-state index is 11.8. The molecule has 0 aromatic heterocycles. The van der Waals surface area contributed by atoms with E-state index in [9.17, 15) is 14.4 Å². The van der Waals surface area contributed by atoms with E-state index < -0.39 is 5.97 Å². The molecule has 0 saturated heterocycles. The average molecular weight is 237 g/mol. The first-order valence-corrected chi connectivity index (χ1v) is 5.79. The van der Waals surface area contributed by atoms with Gasteiger partial charge in [0, 0.05) is 17.7 Å². The molecule has 17 heavy (non-hydrogen) atoms. The van der Waals surface area contributed by atoms with E-state index in [1.807, 2.05) is 0 Å². The molecular weight excluding hydrogens is 222 g/mol. The van der Waals surface area contributed by atoms with Gasteiger partial charge in [-0.3, -0.25) is 19.3 Å². The molecule has 92 valence electrons. The van der Waals surface area contributed by atoms with Crippen molar-refractivity contribution in [3.05, 3.63) is 11.6 Å². The third kappa shape index (κ3) is 2.09. The zero-order valence-electron chi connectivity index (χ0n) is 9.68. The molecule has 2 amide bonds. The molecular formula is C12H15NO4. The first-order valence-electron chi connectivity index (χ1n) is 5.79. The van der Waals surface area contributed by atoms with Crippen LogP contribution in [0.2, 0.25) is 0 Å². The summed E-state index contributed by atoms with van der Waals surface area (Å²) in [4.78, 5) is 35.5. The Labute approximate surface area is 99.1 Å². The minimum Gasteiger partial charge on any atom is -0.481 e. The van der Waals surface area contributed by atoms with Crippen LogP contribution in [0.4, 0.5) is 0 Å². The van der Waals surface area contributed by atoms with E-state index in [0.717, 1.165) is 0 Å². The van der Waals surface area contributed by atoms with Crippen molar-refractivity contribution in [1.29, 1.82) is 0 Å².